The molecule has 2 aromatic carbocycles. The summed E-state index contributed by atoms with van der Waals surface area (Å²) in [4.78, 5) is 20.0. The van der Waals surface area contributed by atoms with Gasteiger partial charge in [0.05, 0.1) is 11.8 Å². The Kier molecular flexibility index (Phi) is 6.87. The number of nitrogens with zero attached hydrogens (tertiary/aromatic N) is 2. The smallest absolute Gasteiger partial charge is 0.271 e. The maximum Gasteiger partial charge on any atom is 0.271 e. The Balaban J connectivity index is 1.82. The number of aromatic hydroxyl groups is 1. The lowest BCUT2D eigenvalue weighted by Crippen LogP contribution is -2.24. The average molecular weight is 462 g/mol. The summed E-state index contributed by atoms with van der Waals surface area (Å²) in [6.45, 7) is 0.0285. The molecule has 0 saturated heterocycles. The summed E-state index contributed by atoms with van der Waals surface area (Å²) in [6, 6.07) is 10.3. The third-order valence-corrected chi connectivity index (χ3v) is 5.21. The number of benzene rings is 2. The molecule has 3 rings (SSSR count). The number of halogens is 3. The lowest BCUT2D eigenvalue weighted by molar-refractivity contribution is 0.0945. The molecule has 0 radical (unpaired) electrons. The van der Waals surface area contributed by atoms with Gasteiger partial charge in [-0.15, -0.1) is 0 Å². The fourth-order valence-corrected chi connectivity index (χ4v) is 3.40. The van der Waals surface area contributed by atoms with Crippen LogP contribution in [0, 0.1) is 0 Å². The number of amides is 1. The van der Waals surface area contributed by atoms with Gasteiger partial charge in [-0.2, -0.15) is 0 Å². The Morgan fingerprint density at radius 3 is 2.55 bits per heavy atom. The highest BCUT2D eigenvalue weighted by molar-refractivity contribution is 9.10. The second kappa shape index (κ2) is 9.56. The minimum Gasteiger partial charge on any atom is -0.507 e. The predicted molar refractivity (Wildman–Crippen MR) is 108 cm³/mol. The maximum absolute atomic E-state index is 13.2. The Labute approximate surface area is 175 Å². The number of carbonyl (C=O) groups excluding carboxylic acids is 1. The molecule has 0 fully saturated rings. The SMILES string of the molecule is O=C(NCc1cc(C(F)F)c(O)cc1CCc1ccccc1Br)c1cnccn1. The number of hydrogen-bond acceptors (Lipinski definition) is 4. The topological polar surface area (TPSA) is 75.1 Å². The summed E-state index contributed by atoms with van der Waals surface area (Å²) in [6.07, 6.45) is 2.50. The van der Waals surface area contributed by atoms with Crippen molar-refractivity contribution in [1.82, 2.24) is 15.3 Å². The molecular formula is C21H18BrF2N3O2. The van der Waals surface area contributed by atoms with Crippen LogP contribution < -0.4 is 5.32 Å². The van der Waals surface area contributed by atoms with Gasteiger partial charge in [-0.3, -0.25) is 9.78 Å². The van der Waals surface area contributed by atoms with Crippen LogP contribution in [0.2, 0.25) is 0 Å². The van der Waals surface area contributed by atoms with Gasteiger partial charge >= 0.3 is 0 Å². The van der Waals surface area contributed by atoms with Gasteiger partial charge in [0.1, 0.15) is 11.4 Å². The van der Waals surface area contributed by atoms with Gasteiger partial charge in [0.2, 0.25) is 0 Å². The highest BCUT2D eigenvalue weighted by Gasteiger charge is 2.18. The molecule has 1 aromatic heterocycles. The standard InChI is InChI=1S/C21H18BrF2N3O2/c22-17-4-2-1-3-13(17)5-6-14-10-19(28)16(20(23)24)9-15(14)11-27-21(29)18-12-25-7-8-26-18/h1-4,7-10,12,20,28H,5-6,11H2,(H,27,29). The first kappa shape index (κ1) is 20.9. The van der Waals surface area contributed by atoms with Crippen LogP contribution in [0.1, 0.15) is 39.2 Å². The van der Waals surface area contributed by atoms with Gasteiger partial charge in [0.15, 0.2) is 0 Å². The monoisotopic (exact) mass is 461 g/mol. The number of alkyl halides is 2. The highest BCUT2D eigenvalue weighted by atomic mass is 79.9. The molecule has 0 unspecified atom stereocenters. The van der Waals surface area contributed by atoms with E-state index < -0.39 is 23.6 Å². The number of nitrogens with one attached hydrogen (secondary N) is 1. The van der Waals surface area contributed by atoms with Gasteiger partial charge < -0.3 is 10.4 Å². The zero-order valence-electron chi connectivity index (χ0n) is 15.3. The van der Waals surface area contributed by atoms with Crippen molar-refractivity contribution in [2.24, 2.45) is 0 Å². The van der Waals surface area contributed by atoms with Crippen molar-refractivity contribution < 1.29 is 18.7 Å². The van der Waals surface area contributed by atoms with Crippen LogP contribution in [0.3, 0.4) is 0 Å². The lowest BCUT2D eigenvalue weighted by Gasteiger charge is -2.15. The predicted octanol–water partition coefficient (Wildman–Crippen LogP) is 4.60. The van der Waals surface area contributed by atoms with Crippen LogP contribution in [0.25, 0.3) is 0 Å². The van der Waals surface area contributed by atoms with Crippen molar-refractivity contribution in [1.29, 1.82) is 0 Å². The molecule has 0 aliphatic heterocycles. The molecule has 1 heterocycles. The molecule has 2 N–H and O–H groups in total. The van der Waals surface area contributed by atoms with E-state index in [1.807, 2.05) is 24.3 Å². The van der Waals surface area contributed by atoms with Gasteiger partial charge in [-0.1, -0.05) is 34.1 Å². The molecule has 8 heteroatoms. The molecule has 0 aliphatic carbocycles. The fraction of sp³-hybridized carbons (Fsp3) is 0.190. The quantitative estimate of drug-likeness (QED) is 0.539. The molecule has 29 heavy (non-hydrogen) atoms. The van der Waals surface area contributed by atoms with Gasteiger partial charge in [0.25, 0.3) is 12.3 Å². The van der Waals surface area contributed by atoms with E-state index in [1.165, 1.54) is 30.7 Å². The zero-order chi connectivity index (χ0) is 20.8. The van der Waals surface area contributed by atoms with Crippen molar-refractivity contribution in [3.05, 3.63) is 87.4 Å². The van der Waals surface area contributed by atoms with Crippen LogP contribution in [-0.4, -0.2) is 21.0 Å². The van der Waals surface area contributed by atoms with Gasteiger partial charge in [0, 0.05) is 23.4 Å². The normalized spacial score (nSPS) is 10.9. The number of carbonyl (C=O) groups is 1. The molecule has 0 saturated carbocycles. The van der Waals surface area contributed by atoms with Gasteiger partial charge in [-0.25, -0.2) is 13.8 Å². The average Bonchev–Trinajstić information content (AvgIpc) is 2.72. The van der Waals surface area contributed by atoms with Gasteiger partial charge in [-0.05, 0) is 47.7 Å². The van der Waals surface area contributed by atoms with Crippen molar-refractivity contribution in [3.63, 3.8) is 0 Å². The minimum atomic E-state index is -2.82. The van der Waals surface area contributed by atoms with E-state index in [9.17, 15) is 18.7 Å². The third kappa shape index (κ3) is 5.35. The van der Waals surface area contributed by atoms with E-state index in [0.29, 0.717) is 24.0 Å². The second-order valence-electron chi connectivity index (χ2n) is 6.35. The number of aromatic nitrogens is 2. The van der Waals surface area contributed by atoms with E-state index >= 15 is 0 Å². The molecule has 3 aromatic rings. The Morgan fingerprint density at radius 2 is 1.86 bits per heavy atom. The molecule has 0 atom stereocenters. The van der Waals surface area contributed by atoms with Crippen LogP contribution in [-0.2, 0) is 19.4 Å². The van der Waals surface area contributed by atoms with Crippen molar-refractivity contribution in [2.75, 3.05) is 0 Å². The minimum absolute atomic E-state index is 0.0285. The van der Waals surface area contributed by atoms with Crippen molar-refractivity contribution >= 4 is 21.8 Å². The number of rotatable bonds is 7. The summed E-state index contributed by atoms with van der Waals surface area (Å²) in [5.41, 5.74) is 1.93. The van der Waals surface area contributed by atoms with E-state index in [1.54, 1.807) is 0 Å². The second-order valence-corrected chi connectivity index (χ2v) is 7.20. The van der Waals surface area contributed by atoms with Crippen LogP contribution in [0.15, 0.2) is 59.5 Å². The molecule has 0 bridgehead atoms. The molecule has 0 aliphatic rings. The summed E-state index contributed by atoms with van der Waals surface area (Å²) >= 11 is 3.49. The zero-order valence-corrected chi connectivity index (χ0v) is 16.9. The molecule has 1 amide bonds. The number of aryl methyl sites for hydroxylation is 2. The molecular weight excluding hydrogens is 444 g/mol. The third-order valence-electron chi connectivity index (χ3n) is 4.44. The Morgan fingerprint density at radius 1 is 1.10 bits per heavy atom. The molecule has 5 nitrogen and oxygen atoms in total. The summed E-state index contributed by atoms with van der Waals surface area (Å²) in [5.74, 6) is -0.910. The fourth-order valence-electron chi connectivity index (χ4n) is 2.92. The van der Waals surface area contributed by atoms with Crippen molar-refractivity contribution in [3.8, 4) is 5.75 Å². The Bertz CT molecular complexity index is 1000. The summed E-state index contributed by atoms with van der Waals surface area (Å²) < 4.78 is 27.4. The largest absolute Gasteiger partial charge is 0.507 e. The first-order valence-electron chi connectivity index (χ1n) is 8.86. The number of phenols is 1. The molecule has 150 valence electrons. The van der Waals surface area contributed by atoms with Crippen LogP contribution in [0.4, 0.5) is 8.78 Å². The molecule has 0 spiro atoms. The van der Waals surface area contributed by atoms with Crippen molar-refractivity contribution in [2.45, 2.75) is 25.8 Å². The highest BCUT2D eigenvalue weighted by Crippen LogP contribution is 2.32. The Hall–Kier alpha value is -2.87. The first-order chi connectivity index (χ1) is 14.0. The number of hydrogen-bond donors (Lipinski definition) is 2. The van der Waals surface area contributed by atoms with E-state index in [0.717, 1.165) is 10.0 Å². The van der Waals surface area contributed by atoms with E-state index in [2.05, 4.69) is 31.2 Å². The maximum atomic E-state index is 13.2. The summed E-state index contributed by atoms with van der Waals surface area (Å²) in [5, 5.41) is 12.7. The lowest BCUT2D eigenvalue weighted by atomic mass is 9.97. The van der Waals surface area contributed by atoms with E-state index in [4.69, 9.17) is 0 Å². The van der Waals surface area contributed by atoms with Crippen LogP contribution in [0.5, 0.6) is 5.75 Å². The first-order valence-corrected chi connectivity index (χ1v) is 9.65. The van der Waals surface area contributed by atoms with E-state index in [-0.39, 0.29) is 12.2 Å². The summed E-state index contributed by atoms with van der Waals surface area (Å²) in [7, 11) is 0. The number of phenolic OH excluding ortho intramolecular Hbond substituents is 1. The van der Waals surface area contributed by atoms with Crippen LogP contribution >= 0.6 is 15.9 Å².